The van der Waals surface area contributed by atoms with Crippen LogP contribution in [-0.4, -0.2) is 59.9 Å². The first kappa shape index (κ1) is 16.2. The number of hydrogen-bond acceptors (Lipinski definition) is 6. The molecule has 6 heteroatoms. The first-order valence-corrected chi connectivity index (χ1v) is 8.15. The number of esters is 2. The highest BCUT2D eigenvalue weighted by atomic mass is 16.6. The Balaban J connectivity index is 1.87. The Labute approximate surface area is 135 Å². The van der Waals surface area contributed by atoms with Gasteiger partial charge in [-0.15, -0.1) is 0 Å². The molecule has 0 saturated carbocycles. The van der Waals surface area contributed by atoms with Crippen LogP contribution in [0, 0.1) is 5.92 Å². The van der Waals surface area contributed by atoms with Crippen molar-refractivity contribution in [3.63, 3.8) is 0 Å². The van der Waals surface area contributed by atoms with E-state index < -0.39 is 18.0 Å². The molecule has 3 heterocycles. The summed E-state index contributed by atoms with van der Waals surface area (Å²) in [5.41, 5.74) is 1.45. The molecule has 4 atom stereocenters. The monoisotopic (exact) mass is 321 g/mol. The SMILES string of the molecule is C/C=C1\CC(C)C(O)C(=O)OCC2=CCN3CCC(OC1=O)C23. The van der Waals surface area contributed by atoms with Gasteiger partial charge in [0.2, 0.25) is 0 Å². The number of rotatable bonds is 0. The van der Waals surface area contributed by atoms with Gasteiger partial charge in [0, 0.05) is 18.7 Å². The number of allylic oxidation sites excluding steroid dienone is 1. The van der Waals surface area contributed by atoms with Gasteiger partial charge in [-0.25, -0.2) is 9.59 Å². The summed E-state index contributed by atoms with van der Waals surface area (Å²) in [7, 11) is 0. The Hall–Kier alpha value is -1.66. The molecule has 0 aliphatic carbocycles. The quantitative estimate of drug-likeness (QED) is 0.404. The van der Waals surface area contributed by atoms with Gasteiger partial charge in [0.1, 0.15) is 12.7 Å². The number of aliphatic hydroxyl groups is 1. The van der Waals surface area contributed by atoms with Crippen molar-refractivity contribution in [2.24, 2.45) is 5.92 Å². The number of aliphatic hydroxyl groups excluding tert-OH is 1. The average Bonchev–Trinajstić information content (AvgIpc) is 3.11. The van der Waals surface area contributed by atoms with Crippen molar-refractivity contribution in [2.45, 2.75) is 44.9 Å². The fourth-order valence-electron chi connectivity index (χ4n) is 3.59. The summed E-state index contributed by atoms with van der Waals surface area (Å²) in [5.74, 6) is -1.39. The molecule has 2 saturated heterocycles. The minimum Gasteiger partial charge on any atom is -0.459 e. The Morgan fingerprint density at radius 3 is 2.91 bits per heavy atom. The van der Waals surface area contributed by atoms with Crippen molar-refractivity contribution in [2.75, 3.05) is 19.7 Å². The topological polar surface area (TPSA) is 76.1 Å². The maximum absolute atomic E-state index is 12.4. The Bertz CT molecular complexity index is 567. The molecule has 3 aliphatic heterocycles. The van der Waals surface area contributed by atoms with E-state index in [4.69, 9.17) is 9.47 Å². The maximum Gasteiger partial charge on any atom is 0.335 e. The highest BCUT2D eigenvalue weighted by Crippen LogP contribution is 2.32. The van der Waals surface area contributed by atoms with Gasteiger partial charge in [-0.05, 0) is 31.3 Å². The van der Waals surface area contributed by atoms with Crippen molar-refractivity contribution >= 4 is 11.9 Å². The fraction of sp³-hybridized carbons (Fsp3) is 0.647. The lowest BCUT2D eigenvalue weighted by Crippen LogP contribution is -2.38. The molecule has 3 aliphatic rings. The number of ether oxygens (including phenoxy) is 2. The summed E-state index contributed by atoms with van der Waals surface area (Å²) in [5, 5.41) is 10.1. The van der Waals surface area contributed by atoms with Crippen LogP contribution in [0.25, 0.3) is 0 Å². The molecule has 0 aromatic heterocycles. The molecule has 0 aromatic rings. The molecule has 0 aromatic carbocycles. The first-order valence-electron chi connectivity index (χ1n) is 8.15. The van der Waals surface area contributed by atoms with Crippen molar-refractivity contribution in [3.05, 3.63) is 23.3 Å². The Morgan fingerprint density at radius 2 is 2.17 bits per heavy atom. The number of carbonyl (C=O) groups excluding carboxylic acids is 2. The van der Waals surface area contributed by atoms with Crippen LogP contribution in [-0.2, 0) is 19.1 Å². The third-order valence-electron chi connectivity index (χ3n) is 4.99. The molecule has 3 rings (SSSR count). The van der Waals surface area contributed by atoms with Gasteiger partial charge in [0.25, 0.3) is 0 Å². The maximum atomic E-state index is 12.4. The summed E-state index contributed by atoms with van der Waals surface area (Å²) in [4.78, 5) is 26.7. The van der Waals surface area contributed by atoms with E-state index in [0.29, 0.717) is 5.57 Å². The van der Waals surface area contributed by atoms with Gasteiger partial charge >= 0.3 is 11.9 Å². The van der Waals surface area contributed by atoms with E-state index in [2.05, 4.69) is 4.90 Å². The number of nitrogens with zero attached hydrogens (tertiary/aromatic N) is 1. The van der Waals surface area contributed by atoms with Crippen molar-refractivity contribution in [1.82, 2.24) is 4.90 Å². The lowest BCUT2D eigenvalue weighted by molar-refractivity contribution is -0.156. The van der Waals surface area contributed by atoms with Crippen LogP contribution in [0.4, 0.5) is 0 Å². The van der Waals surface area contributed by atoms with Gasteiger partial charge < -0.3 is 14.6 Å². The second-order valence-corrected chi connectivity index (χ2v) is 6.50. The number of hydrogen-bond donors (Lipinski definition) is 1. The van der Waals surface area contributed by atoms with Crippen molar-refractivity contribution in [1.29, 1.82) is 0 Å². The summed E-state index contributed by atoms with van der Waals surface area (Å²) >= 11 is 0. The summed E-state index contributed by atoms with van der Waals surface area (Å²) < 4.78 is 11.0. The van der Waals surface area contributed by atoms with Gasteiger partial charge in [-0.3, -0.25) is 4.90 Å². The summed E-state index contributed by atoms with van der Waals surface area (Å²) in [6.45, 7) is 5.28. The average molecular weight is 321 g/mol. The van der Waals surface area contributed by atoms with E-state index in [-0.39, 0.29) is 31.1 Å². The second-order valence-electron chi connectivity index (χ2n) is 6.50. The predicted molar refractivity (Wildman–Crippen MR) is 82.4 cm³/mol. The van der Waals surface area contributed by atoms with Crippen LogP contribution in [0.5, 0.6) is 0 Å². The fourth-order valence-corrected chi connectivity index (χ4v) is 3.59. The zero-order valence-corrected chi connectivity index (χ0v) is 13.5. The zero-order chi connectivity index (χ0) is 16.6. The molecule has 1 N–H and O–H groups in total. The Morgan fingerprint density at radius 1 is 1.39 bits per heavy atom. The van der Waals surface area contributed by atoms with E-state index >= 15 is 0 Å². The molecular formula is C17H23NO5. The third kappa shape index (κ3) is 3.05. The van der Waals surface area contributed by atoms with Gasteiger partial charge in [0.15, 0.2) is 6.10 Å². The summed E-state index contributed by atoms with van der Waals surface area (Å²) in [6, 6.07) is -0.0150. The largest absolute Gasteiger partial charge is 0.459 e. The van der Waals surface area contributed by atoms with Crippen LogP contribution >= 0.6 is 0 Å². The smallest absolute Gasteiger partial charge is 0.335 e. The number of cyclic esters (lactones) is 1. The number of carbonyl (C=O) groups is 2. The highest BCUT2D eigenvalue weighted by Gasteiger charge is 2.42. The summed E-state index contributed by atoms with van der Waals surface area (Å²) in [6.07, 6.45) is 3.35. The molecule has 6 nitrogen and oxygen atoms in total. The molecule has 23 heavy (non-hydrogen) atoms. The molecule has 0 spiro atoms. The van der Waals surface area contributed by atoms with Crippen LogP contribution in [0.3, 0.4) is 0 Å². The highest BCUT2D eigenvalue weighted by molar-refractivity contribution is 5.88. The molecule has 2 fully saturated rings. The molecule has 0 radical (unpaired) electrons. The van der Waals surface area contributed by atoms with Crippen LogP contribution < -0.4 is 0 Å². The third-order valence-corrected chi connectivity index (χ3v) is 4.99. The van der Waals surface area contributed by atoms with Crippen LogP contribution in [0.2, 0.25) is 0 Å². The minimum atomic E-state index is -1.24. The van der Waals surface area contributed by atoms with Gasteiger partial charge in [0.05, 0.1) is 6.04 Å². The minimum absolute atomic E-state index is 0.0150. The zero-order valence-electron chi connectivity index (χ0n) is 13.5. The van der Waals surface area contributed by atoms with Gasteiger partial charge in [-0.2, -0.15) is 0 Å². The second kappa shape index (κ2) is 6.45. The lowest BCUT2D eigenvalue weighted by Gasteiger charge is -2.26. The van der Waals surface area contributed by atoms with Gasteiger partial charge in [-0.1, -0.05) is 19.1 Å². The molecule has 126 valence electrons. The molecular weight excluding hydrogens is 298 g/mol. The van der Waals surface area contributed by atoms with E-state index in [0.717, 1.165) is 25.1 Å². The predicted octanol–water partition coefficient (Wildman–Crippen LogP) is 0.803. The lowest BCUT2D eigenvalue weighted by atomic mass is 9.95. The van der Waals surface area contributed by atoms with E-state index in [1.807, 2.05) is 6.08 Å². The molecule has 0 bridgehead atoms. The molecule has 0 amide bonds. The van der Waals surface area contributed by atoms with Crippen LogP contribution in [0.1, 0.15) is 26.7 Å². The normalized spacial score (nSPS) is 37.5. The standard InChI is InChI=1S/C17H23NO5/c1-3-11-8-10(2)15(19)17(21)22-9-12-4-6-18-7-5-13(14(12)18)23-16(11)20/h3-4,10,13-15,19H,5-9H2,1-2H3/b11-3+. The Kier molecular flexibility index (Phi) is 4.55. The molecule has 4 unspecified atom stereocenters. The van der Waals surface area contributed by atoms with Crippen LogP contribution in [0.15, 0.2) is 23.3 Å². The van der Waals surface area contributed by atoms with E-state index in [9.17, 15) is 14.7 Å². The van der Waals surface area contributed by atoms with Crippen molar-refractivity contribution < 1.29 is 24.2 Å². The van der Waals surface area contributed by atoms with Crippen molar-refractivity contribution in [3.8, 4) is 0 Å². The first-order chi connectivity index (χ1) is 11.0. The van der Waals surface area contributed by atoms with E-state index in [1.54, 1.807) is 19.9 Å². The van der Waals surface area contributed by atoms with E-state index in [1.165, 1.54) is 0 Å².